The number of ether oxygens (including phenoxy) is 3. The maximum Gasteiger partial charge on any atom is 0.306 e. The summed E-state index contributed by atoms with van der Waals surface area (Å²) in [6, 6.07) is 0. The van der Waals surface area contributed by atoms with Crippen molar-refractivity contribution >= 4 is 17.9 Å². The van der Waals surface area contributed by atoms with Gasteiger partial charge in [-0.3, -0.25) is 14.4 Å². The van der Waals surface area contributed by atoms with Gasteiger partial charge in [0, 0.05) is 19.3 Å². The molecule has 0 rings (SSSR count). The van der Waals surface area contributed by atoms with Crippen LogP contribution >= 0.6 is 0 Å². The van der Waals surface area contributed by atoms with Crippen LogP contribution in [0.5, 0.6) is 0 Å². The van der Waals surface area contributed by atoms with Gasteiger partial charge in [-0.05, 0) is 148 Å². The molecule has 0 saturated carbocycles. The normalized spacial score (nSPS) is 13.3. The van der Waals surface area contributed by atoms with Crippen LogP contribution in [0, 0.1) is 0 Å². The minimum absolute atomic E-state index is 0.111. The van der Waals surface area contributed by atoms with Crippen LogP contribution in [-0.2, 0) is 28.6 Å². The molecule has 442 valence electrons. The summed E-state index contributed by atoms with van der Waals surface area (Å²) in [4.78, 5) is 38.3. The van der Waals surface area contributed by atoms with Gasteiger partial charge in [0.2, 0.25) is 0 Å². The number of carbonyl (C=O) groups is 3. The maximum atomic E-state index is 12.9. The molecule has 0 aliphatic carbocycles. The Hall–Kier alpha value is -5.23. The van der Waals surface area contributed by atoms with Crippen LogP contribution in [0.1, 0.15) is 252 Å². The fourth-order valence-corrected chi connectivity index (χ4v) is 8.07. The quantitative estimate of drug-likeness (QED) is 0.0261. The van der Waals surface area contributed by atoms with Crippen molar-refractivity contribution in [2.45, 2.75) is 258 Å². The van der Waals surface area contributed by atoms with Crippen molar-refractivity contribution < 1.29 is 28.6 Å². The standard InChI is InChI=1S/C73H114O6/c1-4-7-10-13-16-19-22-25-28-30-31-32-33-34-35-36-37-38-39-40-41-43-45-48-51-54-57-60-63-66-72(75)78-69-70(68-77-71(74)65-62-59-56-53-50-47-44-27-24-21-18-15-12-9-6-3)79-73(76)67-64-61-58-55-52-49-46-42-29-26-23-20-17-14-11-8-5-2/h7-12,16-21,25-29,31-32,34-35,37-38,44,46,49-50,53,70H,4-6,13-15,22-24,30,33,36,39-43,45,47-48,51-52,54-69H2,1-3H3/b10-7-,11-8-,12-9-,19-16-,20-17-,21-18-,28-25-,29-26-,32-31-,35-34-,38-37-,44-27-,49-46-,53-50-. The van der Waals surface area contributed by atoms with Gasteiger partial charge in [0.1, 0.15) is 13.2 Å². The molecule has 0 spiro atoms. The lowest BCUT2D eigenvalue weighted by Gasteiger charge is -2.18. The van der Waals surface area contributed by atoms with Crippen molar-refractivity contribution in [1.29, 1.82) is 0 Å². The molecule has 0 aromatic rings. The van der Waals surface area contributed by atoms with Crippen LogP contribution in [0.2, 0.25) is 0 Å². The average molecular weight is 1090 g/mol. The van der Waals surface area contributed by atoms with Crippen molar-refractivity contribution in [2.75, 3.05) is 13.2 Å². The lowest BCUT2D eigenvalue weighted by atomic mass is 10.1. The third-order valence-electron chi connectivity index (χ3n) is 12.7. The lowest BCUT2D eigenvalue weighted by molar-refractivity contribution is -0.167. The first-order chi connectivity index (χ1) is 39.0. The summed E-state index contributed by atoms with van der Waals surface area (Å²) in [5.41, 5.74) is 0. The van der Waals surface area contributed by atoms with Crippen LogP contribution in [0.3, 0.4) is 0 Å². The Bertz CT molecular complexity index is 1820. The number of unbranched alkanes of at least 4 members (excludes halogenated alkanes) is 16. The van der Waals surface area contributed by atoms with E-state index in [0.717, 1.165) is 161 Å². The summed E-state index contributed by atoms with van der Waals surface area (Å²) < 4.78 is 16.9. The van der Waals surface area contributed by atoms with E-state index in [0.29, 0.717) is 19.3 Å². The Morgan fingerprint density at radius 3 is 0.734 bits per heavy atom. The van der Waals surface area contributed by atoms with Crippen molar-refractivity contribution in [3.63, 3.8) is 0 Å². The molecular weight excluding hydrogens is 973 g/mol. The molecule has 0 N–H and O–H groups in total. The fraction of sp³-hybridized carbons (Fsp3) is 0.575. The van der Waals surface area contributed by atoms with Gasteiger partial charge < -0.3 is 14.2 Å². The third-order valence-corrected chi connectivity index (χ3v) is 12.7. The predicted octanol–water partition coefficient (Wildman–Crippen LogP) is 21.9. The average Bonchev–Trinajstić information content (AvgIpc) is 3.45. The second-order valence-electron chi connectivity index (χ2n) is 20.2. The maximum absolute atomic E-state index is 12.9. The molecule has 1 unspecified atom stereocenters. The van der Waals surface area contributed by atoms with Gasteiger partial charge in [0.15, 0.2) is 6.10 Å². The number of carbonyl (C=O) groups excluding carboxylic acids is 3. The number of hydrogen-bond donors (Lipinski definition) is 0. The molecule has 6 nitrogen and oxygen atoms in total. The largest absolute Gasteiger partial charge is 0.462 e. The SMILES string of the molecule is CC/C=C\C/C=C\C/C=C\C/C=C\C/C=C\C/C=C\CCCCCCCCCCCCC(=O)OCC(COC(=O)CCCC/C=C\C/C=C\C/C=C\C/C=C\CC)OC(=O)CCCCCC/C=C\C/C=C\C/C=C\C/C=C\CC. The Morgan fingerprint density at radius 2 is 0.456 bits per heavy atom. The first-order valence-corrected chi connectivity index (χ1v) is 31.6. The monoisotopic (exact) mass is 1090 g/mol. The summed E-state index contributed by atoms with van der Waals surface area (Å²) in [6.07, 6.45) is 96.5. The third kappa shape index (κ3) is 63.5. The molecule has 0 heterocycles. The van der Waals surface area contributed by atoms with E-state index in [1.165, 1.54) is 44.9 Å². The van der Waals surface area contributed by atoms with Gasteiger partial charge in [-0.1, -0.05) is 255 Å². The second kappa shape index (κ2) is 65.3. The Balaban J connectivity index is 4.41. The molecule has 0 radical (unpaired) electrons. The zero-order chi connectivity index (χ0) is 57.1. The summed E-state index contributed by atoms with van der Waals surface area (Å²) in [6.45, 7) is 6.23. The van der Waals surface area contributed by atoms with Gasteiger partial charge >= 0.3 is 17.9 Å². The molecule has 0 aromatic heterocycles. The molecule has 0 amide bonds. The van der Waals surface area contributed by atoms with Gasteiger partial charge in [0.25, 0.3) is 0 Å². The van der Waals surface area contributed by atoms with Crippen molar-refractivity contribution in [3.05, 3.63) is 170 Å². The lowest BCUT2D eigenvalue weighted by Crippen LogP contribution is -2.30. The van der Waals surface area contributed by atoms with E-state index in [1.807, 2.05) is 0 Å². The van der Waals surface area contributed by atoms with Gasteiger partial charge in [-0.25, -0.2) is 0 Å². The molecule has 1 atom stereocenters. The van der Waals surface area contributed by atoms with Crippen LogP contribution < -0.4 is 0 Å². The van der Waals surface area contributed by atoms with Gasteiger partial charge in [-0.15, -0.1) is 0 Å². The highest BCUT2D eigenvalue weighted by Crippen LogP contribution is 2.14. The van der Waals surface area contributed by atoms with Crippen molar-refractivity contribution in [3.8, 4) is 0 Å². The Morgan fingerprint density at radius 1 is 0.253 bits per heavy atom. The first-order valence-electron chi connectivity index (χ1n) is 31.6. The van der Waals surface area contributed by atoms with E-state index in [-0.39, 0.29) is 37.5 Å². The zero-order valence-corrected chi connectivity index (χ0v) is 50.6. The van der Waals surface area contributed by atoms with E-state index in [1.54, 1.807) is 0 Å². The fourth-order valence-electron chi connectivity index (χ4n) is 8.07. The number of hydrogen-bond acceptors (Lipinski definition) is 6. The molecule has 0 fully saturated rings. The van der Waals surface area contributed by atoms with Crippen LogP contribution in [0.4, 0.5) is 0 Å². The molecule has 0 aliphatic heterocycles. The first kappa shape index (κ1) is 73.8. The van der Waals surface area contributed by atoms with Gasteiger partial charge in [-0.2, -0.15) is 0 Å². The van der Waals surface area contributed by atoms with Crippen LogP contribution in [0.25, 0.3) is 0 Å². The molecule has 0 saturated heterocycles. The number of rotatable bonds is 55. The van der Waals surface area contributed by atoms with Gasteiger partial charge in [0.05, 0.1) is 0 Å². The predicted molar refractivity (Wildman–Crippen MR) is 343 cm³/mol. The zero-order valence-electron chi connectivity index (χ0n) is 50.6. The summed E-state index contributed by atoms with van der Waals surface area (Å²) in [5.74, 6) is -0.988. The number of allylic oxidation sites excluding steroid dienone is 28. The highest BCUT2D eigenvalue weighted by molar-refractivity contribution is 5.71. The van der Waals surface area contributed by atoms with E-state index in [4.69, 9.17) is 14.2 Å². The molecule has 0 bridgehead atoms. The molecule has 6 heteroatoms. The summed E-state index contributed by atoms with van der Waals surface area (Å²) in [5, 5.41) is 0. The molecule has 0 aliphatic rings. The van der Waals surface area contributed by atoms with Crippen molar-refractivity contribution in [2.24, 2.45) is 0 Å². The number of esters is 3. The molecule has 79 heavy (non-hydrogen) atoms. The molecule has 0 aromatic carbocycles. The van der Waals surface area contributed by atoms with E-state index < -0.39 is 6.10 Å². The van der Waals surface area contributed by atoms with E-state index in [9.17, 15) is 14.4 Å². The van der Waals surface area contributed by atoms with Crippen LogP contribution in [-0.4, -0.2) is 37.2 Å². The topological polar surface area (TPSA) is 78.9 Å². The highest BCUT2D eigenvalue weighted by Gasteiger charge is 2.19. The summed E-state index contributed by atoms with van der Waals surface area (Å²) >= 11 is 0. The molecular formula is C73H114O6. The Kier molecular flexibility index (Phi) is 61.0. The highest BCUT2D eigenvalue weighted by atomic mass is 16.6. The summed E-state index contributed by atoms with van der Waals surface area (Å²) in [7, 11) is 0. The minimum atomic E-state index is -0.820. The second-order valence-corrected chi connectivity index (χ2v) is 20.2. The van der Waals surface area contributed by atoms with Crippen molar-refractivity contribution in [1.82, 2.24) is 0 Å². The Labute approximate surface area is 485 Å². The van der Waals surface area contributed by atoms with Crippen LogP contribution in [0.15, 0.2) is 170 Å². The minimum Gasteiger partial charge on any atom is -0.462 e. The smallest absolute Gasteiger partial charge is 0.306 e. The van der Waals surface area contributed by atoms with E-state index in [2.05, 4.69) is 191 Å². The van der Waals surface area contributed by atoms with E-state index >= 15 is 0 Å².